The van der Waals surface area contributed by atoms with Crippen LogP contribution in [0, 0.1) is 0 Å². The second-order valence-electron chi connectivity index (χ2n) is 2.59. The molecule has 10 heavy (non-hydrogen) atoms. The lowest BCUT2D eigenvalue weighted by atomic mass is 10.3. The van der Waals surface area contributed by atoms with Gasteiger partial charge in [0.2, 0.25) is 0 Å². The molecule has 1 aliphatic rings. The summed E-state index contributed by atoms with van der Waals surface area (Å²) < 4.78 is 0. The summed E-state index contributed by atoms with van der Waals surface area (Å²) in [6, 6.07) is 0. The quantitative estimate of drug-likeness (QED) is 0.620. The molecular weight excluding hydrogens is 124 g/mol. The summed E-state index contributed by atoms with van der Waals surface area (Å²) in [4.78, 5) is 2.25. The van der Waals surface area contributed by atoms with E-state index in [1.54, 1.807) is 0 Å². The van der Waals surface area contributed by atoms with Crippen LogP contribution in [0.15, 0.2) is 0 Å². The summed E-state index contributed by atoms with van der Waals surface area (Å²) in [6.45, 7) is 9.14. The maximum Gasteiger partial charge on any atom is -0.00368 e. The van der Waals surface area contributed by atoms with Gasteiger partial charge in [-0.15, -0.1) is 0 Å². The van der Waals surface area contributed by atoms with Gasteiger partial charge < -0.3 is 10.2 Å². The summed E-state index contributed by atoms with van der Waals surface area (Å²) in [5.74, 6) is 0. The number of nitrogens with zero attached hydrogens (tertiary/aromatic N) is 1. The van der Waals surface area contributed by atoms with E-state index in [4.69, 9.17) is 0 Å². The first-order valence-corrected chi connectivity index (χ1v) is 4.20. The predicted octanol–water partition coefficient (Wildman–Crippen LogP) is 0.938. The molecule has 0 spiro atoms. The highest BCUT2D eigenvalue weighted by atomic mass is 15.1. The Bertz CT molecular complexity index is 52.3. The van der Waals surface area contributed by atoms with Crippen molar-refractivity contribution < 1.29 is 0 Å². The molecule has 2 nitrogen and oxygen atoms in total. The highest BCUT2D eigenvalue weighted by Crippen LogP contribution is 1.80. The predicted molar refractivity (Wildman–Crippen MR) is 46.3 cm³/mol. The number of nitrogens with one attached hydrogen (secondary N) is 1. The average molecular weight is 144 g/mol. The van der Waals surface area contributed by atoms with Crippen molar-refractivity contribution in [1.82, 2.24) is 10.2 Å². The maximum atomic E-state index is 3.11. The van der Waals surface area contributed by atoms with Crippen LogP contribution in [-0.4, -0.2) is 38.1 Å². The first-order valence-electron chi connectivity index (χ1n) is 4.20. The fourth-order valence-corrected chi connectivity index (χ4v) is 0.400. The second-order valence-corrected chi connectivity index (χ2v) is 2.59. The van der Waals surface area contributed by atoms with Gasteiger partial charge in [-0.1, -0.05) is 13.8 Å². The third-order valence-corrected chi connectivity index (χ3v) is 1.79. The molecule has 0 atom stereocenters. The van der Waals surface area contributed by atoms with Gasteiger partial charge in [0.25, 0.3) is 0 Å². The highest BCUT2D eigenvalue weighted by molar-refractivity contribution is 4.56. The van der Waals surface area contributed by atoms with E-state index in [1.807, 2.05) is 0 Å². The van der Waals surface area contributed by atoms with Crippen molar-refractivity contribution in [3.8, 4) is 0 Å². The van der Waals surface area contributed by atoms with Gasteiger partial charge in [0.05, 0.1) is 0 Å². The van der Waals surface area contributed by atoms with Gasteiger partial charge in [-0.05, 0) is 39.6 Å². The Balaban J connectivity index is 0.000000172. The van der Waals surface area contributed by atoms with Crippen LogP contribution >= 0.6 is 0 Å². The Morgan fingerprint density at radius 3 is 1.50 bits per heavy atom. The van der Waals surface area contributed by atoms with Crippen molar-refractivity contribution in [2.45, 2.75) is 20.3 Å². The molecule has 1 heterocycles. The highest BCUT2D eigenvalue weighted by Gasteiger charge is 1.92. The lowest BCUT2D eigenvalue weighted by molar-refractivity contribution is 0.373. The lowest BCUT2D eigenvalue weighted by Crippen LogP contribution is -2.29. The molecule has 1 N–H and O–H groups in total. The summed E-state index contributed by atoms with van der Waals surface area (Å²) in [5, 5.41) is 3.11. The molecule has 1 saturated heterocycles. The third-order valence-electron chi connectivity index (χ3n) is 1.79. The topological polar surface area (TPSA) is 15.3 Å². The van der Waals surface area contributed by atoms with E-state index in [9.17, 15) is 0 Å². The zero-order chi connectivity index (χ0) is 7.82. The molecule has 0 bridgehead atoms. The molecule has 2 heteroatoms. The molecule has 0 amide bonds. The Kier molecular flexibility index (Phi) is 6.98. The van der Waals surface area contributed by atoms with E-state index in [2.05, 4.69) is 31.1 Å². The second kappa shape index (κ2) is 7.03. The monoisotopic (exact) mass is 144 g/mol. The molecule has 1 fully saturated rings. The number of hydrogen-bond donors (Lipinski definition) is 1. The van der Waals surface area contributed by atoms with Crippen LogP contribution in [0.1, 0.15) is 20.3 Å². The molecule has 1 rings (SSSR count). The molecule has 0 aromatic carbocycles. The van der Waals surface area contributed by atoms with Gasteiger partial charge in [-0.3, -0.25) is 0 Å². The molecular formula is C8H20N2. The van der Waals surface area contributed by atoms with Gasteiger partial charge in [-0.25, -0.2) is 0 Å². The fraction of sp³-hybridized carbons (Fsp3) is 1.00. The Morgan fingerprint density at radius 1 is 1.20 bits per heavy atom. The fourth-order valence-electron chi connectivity index (χ4n) is 0.400. The Morgan fingerprint density at radius 2 is 1.50 bits per heavy atom. The summed E-state index contributed by atoms with van der Waals surface area (Å²) in [7, 11) is 2.11. The van der Waals surface area contributed by atoms with Crippen molar-refractivity contribution >= 4 is 0 Å². The van der Waals surface area contributed by atoms with Crippen molar-refractivity contribution in [3.63, 3.8) is 0 Å². The SMILES string of the molecule is C1CNC1.CCN(C)CC. The lowest BCUT2D eigenvalue weighted by Gasteiger charge is -2.09. The summed E-state index contributed by atoms with van der Waals surface area (Å²) in [6.07, 6.45) is 1.39. The molecule has 0 aliphatic carbocycles. The summed E-state index contributed by atoms with van der Waals surface area (Å²) in [5.41, 5.74) is 0. The van der Waals surface area contributed by atoms with Crippen molar-refractivity contribution in [2.75, 3.05) is 33.2 Å². The zero-order valence-corrected chi connectivity index (χ0v) is 7.48. The minimum absolute atomic E-state index is 1.16. The smallest absolute Gasteiger partial charge is 0.00368 e. The van der Waals surface area contributed by atoms with Crippen molar-refractivity contribution in [3.05, 3.63) is 0 Å². The Hall–Kier alpha value is -0.0800. The van der Waals surface area contributed by atoms with Crippen molar-refractivity contribution in [1.29, 1.82) is 0 Å². The minimum Gasteiger partial charge on any atom is -0.317 e. The summed E-state index contributed by atoms with van der Waals surface area (Å²) >= 11 is 0. The van der Waals surface area contributed by atoms with Gasteiger partial charge >= 0.3 is 0 Å². The van der Waals surface area contributed by atoms with Crippen LogP contribution in [0.25, 0.3) is 0 Å². The van der Waals surface area contributed by atoms with E-state index in [-0.39, 0.29) is 0 Å². The minimum atomic E-state index is 1.16. The average Bonchev–Trinajstić information content (AvgIpc) is 1.83. The molecule has 0 saturated carbocycles. The number of hydrogen-bond acceptors (Lipinski definition) is 2. The number of rotatable bonds is 2. The van der Waals surface area contributed by atoms with Crippen molar-refractivity contribution in [2.24, 2.45) is 0 Å². The van der Waals surface area contributed by atoms with Crippen LogP contribution in [-0.2, 0) is 0 Å². The Labute approximate surface area is 64.6 Å². The van der Waals surface area contributed by atoms with Crippen LogP contribution in [0.3, 0.4) is 0 Å². The normalized spacial score (nSPS) is 15.6. The molecule has 0 aromatic rings. The molecule has 0 radical (unpaired) electrons. The molecule has 0 unspecified atom stereocenters. The zero-order valence-electron chi connectivity index (χ0n) is 7.48. The first-order chi connectivity index (χ1) is 4.81. The largest absolute Gasteiger partial charge is 0.317 e. The molecule has 62 valence electrons. The van der Waals surface area contributed by atoms with Crippen LogP contribution in [0.4, 0.5) is 0 Å². The van der Waals surface area contributed by atoms with Crippen LogP contribution in [0.5, 0.6) is 0 Å². The first kappa shape index (κ1) is 9.92. The van der Waals surface area contributed by atoms with Gasteiger partial charge in [-0.2, -0.15) is 0 Å². The van der Waals surface area contributed by atoms with E-state index in [0.29, 0.717) is 0 Å². The van der Waals surface area contributed by atoms with Gasteiger partial charge in [0, 0.05) is 0 Å². The van der Waals surface area contributed by atoms with Crippen LogP contribution < -0.4 is 5.32 Å². The van der Waals surface area contributed by atoms with Crippen LogP contribution in [0.2, 0.25) is 0 Å². The van der Waals surface area contributed by atoms with E-state index >= 15 is 0 Å². The maximum absolute atomic E-state index is 3.11. The van der Waals surface area contributed by atoms with Gasteiger partial charge in [0.15, 0.2) is 0 Å². The van der Waals surface area contributed by atoms with E-state index in [0.717, 1.165) is 13.1 Å². The molecule has 1 aliphatic heterocycles. The van der Waals surface area contributed by atoms with E-state index < -0.39 is 0 Å². The third kappa shape index (κ3) is 6.05. The standard InChI is InChI=1S/C5H13N.C3H7N/c1-4-6(3)5-2;1-2-4-3-1/h4-5H2,1-3H3;4H,1-3H2. The van der Waals surface area contributed by atoms with E-state index in [1.165, 1.54) is 19.5 Å². The van der Waals surface area contributed by atoms with Gasteiger partial charge in [0.1, 0.15) is 0 Å². The molecule has 0 aromatic heterocycles.